The molecule has 5 rings (SSSR count). The molecule has 0 aliphatic carbocycles. The first-order valence-corrected chi connectivity index (χ1v) is 12.3. The Hall–Kier alpha value is -3.37. The number of aliphatic hydroxyl groups excluding tert-OH is 1. The minimum absolute atomic E-state index is 0.0110. The molecule has 0 saturated carbocycles. The van der Waals surface area contributed by atoms with E-state index in [1.165, 1.54) is 36.4 Å². The minimum atomic E-state index is -3.40. The molecule has 176 valence electrons. The van der Waals surface area contributed by atoms with Gasteiger partial charge in [-0.2, -0.15) is 8.78 Å². The number of alkyl halides is 2. The average molecular weight is 488 g/mol. The fourth-order valence-corrected chi connectivity index (χ4v) is 5.08. The van der Waals surface area contributed by atoms with Crippen molar-refractivity contribution in [2.75, 3.05) is 6.26 Å². The minimum Gasteiger partial charge on any atom is -0.434 e. The maximum Gasteiger partial charge on any atom is 0.387 e. The van der Waals surface area contributed by atoms with Crippen LogP contribution < -0.4 is 4.74 Å². The lowest BCUT2D eigenvalue weighted by molar-refractivity contribution is -0.0507. The van der Waals surface area contributed by atoms with Crippen LogP contribution in [0.2, 0.25) is 0 Å². The van der Waals surface area contributed by atoms with Crippen molar-refractivity contribution >= 4 is 20.9 Å². The molecule has 1 N–H and O–H groups in total. The highest BCUT2D eigenvalue weighted by Crippen LogP contribution is 2.44. The van der Waals surface area contributed by atoms with Crippen LogP contribution in [0.1, 0.15) is 30.0 Å². The third-order valence-electron chi connectivity index (χ3n) is 5.95. The molecule has 3 aromatic carbocycles. The molecule has 0 fully saturated rings. The summed E-state index contributed by atoms with van der Waals surface area (Å²) in [6.07, 6.45) is 0.306. The van der Waals surface area contributed by atoms with Crippen LogP contribution in [-0.4, -0.2) is 35.9 Å². The summed E-state index contributed by atoms with van der Waals surface area (Å²) in [5, 5.41) is 10.6. The third kappa shape index (κ3) is 3.82. The fourth-order valence-electron chi connectivity index (χ4n) is 4.45. The van der Waals surface area contributed by atoms with Gasteiger partial charge >= 0.3 is 6.61 Å². The van der Waals surface area contributed by atoms with Gasteiger partial charge in [-0.15, -0.1) is 0 Å². The molecular formula is C24H19F3N2O4S. The molecule has 1 aliphatic heterocycles. The molecule has 4 aromatic rings. The Morgan fingerprint density at radius 2 is 1.82 bits per heavy atom. The van der Waals surface area contributed by atoms with Gasteiger partial charge in [-0.1, -0.05) is 30.3 Å². The Bertz CT molecular complexity index is 1500. The number of halogens is 3. The van der Waals surface area contributed by atoms with E-state index < -0.39 is 34.4 Å². The van der Waals surface area contributed by atoms with Gasteiger partial charge in [-0.25, -0.2) is 17.8 Å². The van der Waals surface area contributed by atoms with Gasteiger partial charge in [0.2, 0.25) is 0 Å². The fraction of sp³-hybridized carbons (Fsp3) is 0.208. The van der Waals surface area contributed by atoms with Gasteiger partial charge in [-0.3, -0.25) is 0 Å². The van der Waals surface area contributed by atoms with Crippen molar-refractivity contribution in [2.45, 2.75) is 30.1 Å². The number of imidazole rings is 1. The highest BCUT2D eigenvalue weighted by molar-refractivity contribution is 7.90. The van der Waals surface area contributed by atoms with Crippen molar-refractivity contribution in [3.8, 4) is 16.9 Å². The second-order valence-electron chi connectivity index (χ2n) is 8.14. The number of para-hydroxylation sites is 1. The van der Waals surface area contributed by atoms with Crippen LogP contribution in [0, 0.1) is 5.82 Å². The lowest BCUT2D eigenvalue weighted by atomic mass is 10.0. The molecule has 0 saturated heterocycles. The molecule has 1 unspecified atom stereocenters. The molecule has 0 spiro atoms. The quantitative estimate of drug-likeness (QED) is 0.433. The molecule has 1 aromatic heterocycles. The van der Waals surface area contributed by atoms with Gasteiger partial charge in [0.05, 0.1) is 22.0 Å². The van der Waals surface area contributed by atoms with Crippen LogP contribution in [0.25, 0.3) is 22.2 Å². The molecular weight excluding hydrogens is 469 g/mol. The Morgan fingerprint density at radius 3 is 2.50 bits per heavy atom. The highest BCUT2D eigenvalue weighted by atomic mass is 32.2. The van der Waals surface area contributed by atoms with E-state index in [-0.39, 0.29) is 22.6 Å². The van der Waals surface area contributed by atoms with Crippen molar-refractivity contribution < 1.29 is 31.4 Å². The third-order valence-corrected chi connectivity index (χ3v) is 7.08. The molecule has 0 amide bonds. The normalized spacial score (nSPS) is 17.9. The summed E-state index contributed by atoms with van der Waals surface area (Å²) < 4.78 is 70.8. The van der Waals surface area contributed by atoms with Gasteiger partial charge in [0.1, 0.15) is 23.5 Å². The Balaban J connectivity index is 1.65. The van der Waals surface area contributed by atoms with Gasteiger partial charge in [0.15, 0.2) is 9.84 Å². The first kappa shape index (κ1) is 22.4. The van der Waals surface area contributed by atoms with Crippen LogP contribution in [0.15, 0.2) is 65.6 Å². The summed E-state index contributed by atoms with van der Waals surface area (Å²) in [6.45, 7) is -3.01. The maximum atomic E-state index is 15.0. The number of aromatic nitrogens is 2. The Kier molecular flexibility index (Phi) is 5.37. The zero-order valence-electron chi connectivity index (χ0n) is 17.8. The molecule has 0 radical (unpaired) electrons. The summed E-state index contributed by atoms with van der Waals surface area (Å²) in [7, 11) is -3.40. The smallest absolute Gasteiger partial charge is 0.387 e. The standard InChI is InChI=1S/C24H19F3N2O4S/c1-34(31,32)14-8-6-13(7-9-14)16-10-20-18(11-17(16)25)28-23-21(30)12-19(29(20)23)15-4-2-3-5-22(15)33-24(26)27/h2-11,19,21,24,30H,12H2,1H3/t19?,21-/m0/s1. The molecule has 10 heteroatoms. The van der Waals surface area contributed by atoms with Crippen molar-refractivity contribution in [1.29, 1.82) is 0 Å². The Morgan fingerprint density at radius 1 is 1.12 bits per heavy atom. The van der Waals surface area contributed by atoms with Crippen LogP contribution in [0.4, 0.5) is 13.2 Å². The molecule has 2 atom stereocenters. The predicted octanol–water partition coefficient (Wildman–Crippen LogP) is 4.87. The monoisotopic (exact) mass is 488 g/mol. The van der Waals surface area contributed by atoms with Crippen molar-refractivity contribution in [3.05, 3.63) is 77.9 Å². The summed E-state index contributed by atoms with van der Waals surface area (Å²) >= 11 is 0. The number of nitrogens with zero attached hydrogens (tertiary/aromatic N) is 2. The summed E-state index contributed by atoms with van der Waals surface area (Å²) in [6, 6.07) is 14.4. The average Bonchev–Trinajstić information content (AvgIpc) is 3.29. The lowest BCUT2D eigenvalue weighted by Crippen LogP contribution is -2.10. The number of ether oxygens (including phenoxy) is 1. The lowest BCUT2D eigenvalue weighted by Gasteiger charge is -2.19. The second-order valence-corrected chi connectivity index (χ2v) is 10.2. The highest BCUT2D eigenvalue weighted by Gasteiger charge is 2.36. The summed E-state index contributed by atoms with van der Waals surface area (Å²) in [4.78, 5) is 4.50. The van der Waals surface area contributed by atoms with E-state index in [0.717, 1.165) is 6.26 Å². The van der Waals surface area contributed by atoms with Crippen LogP contribution >= 0.6 is 0 Å². The number of benzene rings is 3. The SMILES string of the molecule is CS(=O)(=O)c1ccc(-c2cc3c(cc2F)nc2n3C(c3ccccc3OC(F)F)C[C@@H]2O)cc1. The number of hydrogen-bond donors (Lipinski definition) is 1. The topological polar surface area (TPSA) is 81.4 Å². The molecule has 0 bridgehead atoms. The maximum absolute atomic E-state index is 15.0. The van der Waals surface area contributed by atoms with Crippen molar-refractivity contribution in [1.82, 2.24) is 9.55 Å². The largest absolute Gasteiger partial charge is 0.434 e. The summed E-state index contributed by atoms with van der Waals surface area (Å²) in [5.74, 6) is -0.275. The van der Waals surface area contributed by atoms with Crippen LogP contribution in [-0.2, 0) is 9.84 Å². The number of fused-ring (bicyclic) bond motifs is 3. The van der Waals surface area contributed by atoms with Crippen molar-refractivity contribution in [2.24, 2.45) is 0 Å². The molecule has 6 nitrogen and oxygen atoms in total. The van der Waals surface area contributed by atoms with E-state index in [2.05, 4.69) is 9.72 Å². The van der Waals surface area contributed by atoms with Gasteiger partial charge < -0.3 is 14.4 Å². The van der Waals surface area contributed by atoms with E-state index in [1.54, 1.807) is 28.8 Å². The van der Waals surface area contributed by atoms with Gasteiger partial charge in [0.25, 0.3) is 0 Å². The molecule has 2 heterocycles. The van der Waals surface area contributed by atoms with Gasteiger partial charge in [-0.05, 0) is 29.8 Å². The second kappa shape index (κ2) is 8.14. The van der Waals surface area contributed by atoms with E-state index in [1.807, 2.05) is 0 Å². The summed E-state index contributed by atoms with van der Waals surface area (Å²) in [5.41, 5.74) is 1.93. The number of sulfone groups is 1. The Labute approximate surface area is 193 Å². The van der Waals surface area contributed by atoms with Crippen molar-refractivity contribution in [3.63, 3.8) is 0 Å². The first-order valence-electron chi connectivity index (χ1n) is 10.4. The molecule has 1 aliphatic rings. The van der Waals surface area contributed by atoms with Gasteiger partial charge in [0, 0.05) is 29.9 Å². The number of hydrogen-bond acceptors (Lipinski definition) is 5. The zero-order chi connectivity index (χ0) is 24.2. The van der Waals surface area contributed by atoms with E-state index in [4.69, 9.17) is 0 Å². The number of aliphatic hydroxyl groups is 1. The number of rotatable bonds is 5. The predicted molar refractivity (Wildman–Crippen MR) is 119 cm³/mol. The van der Waals surface area contributed by atoms with Crippen LogP contribution in [0.3, 0.4) is 0 Å². The van der Waals surface area contributed by atoms with E-state index in [0.29, 0.717) is 28.0 Å². The zero-order valence-corrected chi connectivity index (χ0v) is 18.6. The first-order chi connectivity index (χ1) is 16.1. The molecule has 34 heavy (non-hydrogen) atoms. The van der Waals surface area contributed by atoms with E-state index in [9.17, 15) is 26.7 Å². The van der Waals surface area contributed by atoms with E-state index >= 15 is 0 Å². The van der Waals surface area contributed by atoms with Crippen LogP contribution in [0.5, 0.6) is 5.75 Å².